The zero-order chi connectivity index (χ0) is 12.0. The predicted octanol–water partition coefficient (Wildman–Crippen LogP) is 3.60. The van der Waals surface area contributed by atoms with Crippen molar-refractivity contribution < 1.29 is 0 Å². The van der Waals surface area contributed by atoms with E-state index in [0.717, 1.165) is 12.5 Å². The number of benzene rings is 1. The van der Waals surface area contributed by atoms with Gasteiger partial charge in [-0.25, -0.2) is 0 Å². The summed E-state index contributed by atoms with van der Waals surface area (Å²) in [6.07, 6.45) is 2.56. The SMILES string of the molecule is CCCC(C)CNc1ccc(N(C)C)cc1. The molecule has 16 heavy (non-hydrogen) atoms. The molecule has 1 rings (SSSR count). The molecule has 0 amide bonds. The van der Waals surface area contributed by atoms with E-state index >= 15 is 0 Å². The van der Waals surface area contributed by atoms with Gasteiger partial charge in [0.2, 0.25) is 0 Å². The average Bonchev–Trinajstić information content (AvgIpc) is 2.27. The summed E-state index contributed by atoms with van der Waals surface area (Å²) in [4.78, 5) is 2.11. The lowest BCUT2D eigenvalue weighted by Gasteiger charge is -2.15. The summed E-state index contributed by atoms with van der Waals surface area (Å²) >= 11 is 0. The first-order valence-electron chi connectivity index (χ1n) is 6.14. The smallest absolute Gasteiger partial charge is 0.0362 e. The van der Waals surface area contributed by atoms with Gasteiger partial charge in [-0.2, -0.15) is 0 Å². The molecule has 0 radical (unpaired) electrons. The minimum Gasteiger partial charge on any atom is -0.385 e. The van der Waals surface area contributed by atoms with Crippen LogP contribution in [0.15, 0.2) is 24.3 Å². The van der Waals surface area contributed by atoms with Crippen LogP contribution in [0.2, 0.25) is 0 Å². The van der Waals surface area contributed by atoms with Crippen LogP contribution >= 0.6 is 0 Å². The Morgan fingerprint density at radius 2 is 1.81 bits per heavy atom. The van der Waals surface area contributed by atoms with Crippen molar-refractivity contribution in [1.82, 2.24) is 0 Å². The molecule has 0 aliphatic heterocycles. The summed E-state index contributed by atoms with van der Waals surface area (Å²) in [6, 6.07) is 8.58. The van der Waals surface area contributed by atoms with Gasteiger partial charge in [0.05, 0.1) is 0 Å². The monoisotopic (exact) mass is 220 g/mol. The molecule has 0 aliphatic carbocycles. The summed E-state index contributed by atoms with van der Waals surface area (Å²) in [5, 5.41) is 3.48. The van der Waals surface area contributed by atoms with Crippen LogP contribution < -0.4 is 10.2 Å². The maximum Gasteiger partial charge on any atom is 0.0362 e. The van der Waals surface area contributed by atoms with Gasteiger partial charge in [-0.1, -0.05) is 20.3 Å². The highest BCUT2D eigenvalue weighted by Gasteiger charge is 2.00. The van der Waals surface area contributed by atoms with E-state index < -0.39 is 0 Å². The molecule has 0 spiro atoms. The van der Waals surface area contributed by atoms with Gasteiger partial charge in [0, 0.05) is 32.0 Å². The van der Waals surface area contributed by atoms with E-state index in [1.54, 1.807) is 0 Å². The average molecular weight is 220 g/mol. The fourth-order valence-corrected chi connectivity index (χ4v) is 1.76. The molecule has 2 heteroatoms. The fourth-order valence-electron chi connectivity index (χ4n) is 1.76. The van der Waals surface area contributed by atoms with E-state index in [4.69, 9.17) is 0 Å². The Morgan fingerprint density at radius 1 is 1.19 bits per heavy atom. The molecule has 1 aromatic carbocycles. The summed E-state index contributed by atoms with van der Waals surface area (Å²) in [5.41, 5.74) is 2.46. The second kappa shape index (κ2) is 6.41. The highest BCUT2D eigenvalue weighted by molar-refractivity contribution is 5.54. The number of hydrogen-bond acceptors (Lipinski definition) is 2. The van der Waals surface area contributed by atoms with Gasteiger partial charge in [-0.3, -0.25) is 0 Å². The fraction of sp³-hybridized carbons (Fsp3) is 0.571. The van der Waals surface area contributed by atoms with Crippen molar-refractivity contribution in [3.05, 3.63) is 24.3 Å². The van der Waals surface area contributed by atoms with Crippen molar-refractivity contribution in [2.24, 2.45) is 5.92 Å². The molecule has 0 saturated heterocycles. The largest absolute Gasteiger partial charge is 0.385 e. The van der Waals surface area contributed by atoms with Gasteiger partial charge in [0.15, 0.2) is 0 Å². The molecule has 1 N–H and O–H groups in total. The highest BCUT2D eigenvalue weighted by atomic mass is 15.1. The maximum absolute atomic E-state index is 3.48. The quantitative estimate of drug-likeness (QED) is 0.788. The normalized spacial score (nSPS) is 12.2. The second-order valence-corrected chi connectivity index (χ2v) is 4.72. The Morgan fingerprint density at radius 3 is 2.31 bits per heavy atom. The van der Waals surface area contributed by atoms with E-state index in [0.29, 0.717) is 0 Å². The molecule has 0 saturated carbocycles. The second-order valence-electron chi connectivity index (χ2n) is 4.72. The van der Waals surface area contributed by atoms with Gasteiger partial charge in [-0.15, -0.1) is 0 Å². The maximum atomic E-state index is 3.48. The van der Waals surface area contributed by atoms with Crippen LogP contribution in [0.4, 0.5) is 11.4 Å². The minimum absolute atomic E-state index is 0.749. The Bertz CT molecular complexity index is 290. The Balaban J connectivity index is 2.43. The Labute approximate surface area is 99.7 Å². The molecular weight excluding hydrogens is 196 g/mol. The third-order valence-corrected chi connectivity index (χ3v) is 2.82. The van der Waals surface area contributed by atoms with Gasteiger partial charge in [0.1, 0.15) is 0 Å². The zero-order valence-electron chi connectivity index (χ0n) is 11.0. The standard InChI is InChI=1S/C14H24N2/c1-5-6-12(2)11-15-13-7-9-14(10-8-13)16(3)4/h7-10,12,15H,5-6,11H2,1-4H3. The molecular formula is C14H24N2. The van der Waals surface area contributed by atoms with Crippen molar-refractivity contribution in [3.63, 3.8) is 0 Å². The van der Waals surface area contributed by atoms with Crippen LogP contribution in [-0.4, -0.2) is 20.6 Å². The number of hydrogen-bond donors (Lipinski definition) is 1. The number of anilines is 2. The lowest BCUT2D eigenvalue weighted by atomic mass is 10.1. The lowest BCUT2D eigenvalue weighted by Crippen LogP contribution is -2.11. The predicted molar refractivity (Wildman–Crippen MR) is 73.3 cm³/mol. The topological polar surface area (TPSA) is 15.3 Å². The van der Waals surface area contributed by atoms with E-state index in [-0.39, 0.29) is 0 Å². The summed E-state index contributed by atoms with van der Waals surface area (Å²) in [6.45, 7) is 5.60. The summed E-state index contributed by atoms with van der Waals surface area (Å²) in [7, 11) is 4.12. The molecule has 1 unspecified atom stereocenters. The number of nitrogens with zero attached hydrogens (tertiary/aromatic N) is 1. The first-order chi connectivity index (χ1) is 7.63. The van der Waals surface area contributed by atoms with Crippen LogP contribution in [0.3, 0.4) is 0 Å². The van der Waals surface area contributed by atoms with Crippen LogP contribution in [0, 0.1) is 5.92 Å². The molecule has 0 aromatic heterocycles. The minimum atomic E-state index is 0.749. The van der Waals surface area contributed by atoms with Crippen molar-refractivity contribution >= 4 is 11.4 Å². The Hall–Kier alpha value is -1.18. The highest BCUT2D eigenvalue weighted by Crippen LogP contribution is 2.16. The lowest BCUT2D eigenvalue weighted by molar-refractivity contribution is 0.551. The van der Waals surface area contributed by atoms with E-state index in [1.807, 2.05) is 0 Å². The van der Waals surface area contributed by atoms with Crippen molar-refractivity contribution in [1.29, 1.82) is 0 Å². The first-order valence-corrected chi connectivity index (χ1v) is 6.14. The van der Waals surface area contributed by atoms with Crippen LogP contribution in [0.25, 0.3) is 0 Å². The van der Waals surface area contributed by atoms with Crippen molar-refractivity contribution in [3.8, 4) is 0 Å². The van der Waals surface area contributed by atoms with Crippen LogP contribution in [0.5, 0.6) is 0 Å². The molecule has 0 heterocycles. The van der Waals surface area contributed by atoms with E-state index in [9.17, 15) is 0 Å². The molecule has 0 aliphatic rings. The van der Waals surface area contributed by atoms with Gasteiger partial charge in [0.25, 0.3) is 0 Å². The van der Waals surface area contributed by atoms with E-state index in [2.05, 4.69) is 62.4 Å². The summed E-state index contributed by atoms with van der Waals surface area (Å²) < 4.78 is 0. The van der Waals surface area contributed by atoms with Crippen LogP contribution in [-0.2, 0) is 0 Å². The first kappa shape index (κ1) is 12.9. The molecule has 90 valence electrons. The molecule has 1 atom stereocenters. The molecule has 2 nitrogen and oxygen atoms in total. The molecule has 0 fully saturated rings. The van der Waals surface area contributed by atoms with Crippen molar-refractivity contribution in [2.75, 3.05) is 30.9 Å². The zero-order valence-corrected chi connectivity index (χ0v) is 11.0. The number of rotatable bonds is 6. The molecule has 1 aromatic rings. The van der Waals surface area contributed by atoms with Crippen LogP contribution in [0.1, 0.15) is 26.7 Å². The van der Waals surface area contributed by atoms with E-state index in [1.165, 1.54) is 24.2 Å². The summed E-state index contributed by atoms with van der Waals surface area (Å²) in [5.74, 6) is 0.749. The van der Waals surface area contributed by atoms with Gasteiger partial charge < -0.3 is 10.2 Å². The third kappa shape index (κ3) is 4.13. The Kier molecular flexibility index (Phi) is 5.17. The number of nitrogens with one attached hydrogen (secondary N) is 1. The molecule has 0 bridgehead atoms. The van der Waals surface area contributed by atoms with Crippen molar-refractivity contribution in [2.45, 2.75) is 26.7 Å². The van der Waals surface area contributed by atoms with Gasteiger partial charge in [-0.05, 0) is 36.6 Å². The van der Waals surface area contributed by atoms with Gasteiger partial charge >= 0.3 is 0 Å². The third-order valence-electron chi connectivity index (χ3n) is 2.82.